The predicted octanol–water partition coefficient (Wildman–Crippen LogP) is 1.27. The molecule has 1 aromatic rings. The lowest BCUT2D eigenvalue weighted by Gasteiger charge is -2.32. The lowest BCUT2D eigenvalue weighted by atomic mass is 9.79. The molecule has 17 heavy (non-hydrogen) atoms. The summed E-state index contributed by atoms with van der Waals surface area (Å²) in [7, 11) is -0.466. The van der Waals surface area contributed by atoms with Crippen LogP contribution in [0.4, 0.5) is 5.69 Å². The van der Waals surface area contributed by atoms with Gasteiger partial charge in [0, 0.05) is 0 Å². The van der Waals surface area contributed by atoms with Gasteiger partial charge in [0.2, 0.25) is 0 Å². The molecule has 1 aliphatic heterocycles. The number of nitrogen functional groups attached to an aromatic ring is 1. The summed E-state index contributed by atoms with van der Waals surface area (Å²) < 4.78 is 11.7. The van der Waals surface area contributed by atoms with Crippen molar-refractivity contribution in [2.45, 2.75) is 38.9 Å². The van der Waals surface area contributed by atoms with Crippen LogP contribution in [-0.2, 0) is 9.31 Å². The van der Waals surface area contributed by atoms with Gasteiger partial charge in [-0.3, -0.25) is 0 Å². The first-order valence-electron chi connectivity index (χ1n) is 5.67. The number of hydrogen-bond acceptors (Lipinski definition) is 4. The van der Waals surface area contributed by atoms with Crippen LogP contribution in [-0.4, -0.2) is 23.4 Å². The van der Waals surface area contributed by atoms with Crippen LogP contribution in [0.25, 0.3) is 0 Å². The quantitative estimate of drug-likeness (QED) is 0.437. The van der Waals surface area contributed by atoms with Gasteiger partial charge in [-0.15, -0.1) is 0 Å². The Bertz CT molecular complexity index is 429. The van der Waals surface area contributed by atoms with Crippen LogP contribution in [0.5, 0.6) is 5.75 Å². The predicted molar refractivity (Wildman–Crippen MR) is 68.2 cm³/mol. The highest BCUT2D eigenvalue weighted by molar-refractivity contribution is 6.62. The minimum absolute atomic E-state index is 0.0530. The SMILES string of the molecule is CC1(C)OB(c2ccc(N)c(O)c2)OC1(C)C. The highest BCUT2D eigenvalue weighted by Crippen LogP contribution is 2.36. The fourth-order valence-corrected chi connectivity index (χ4v) is 1.69. The van der Waals surface area contributed by atoms with Gasteiger partial charge in [-0.05, 0) is 45.3 Å². The molecule has 0 unspecified atom stereocenters. The molecule has 3 N–H and O–H groups in total. The first kappa shape index (κ1) is 12.3. The summed E-state index contributed by atoms with van der Waals surface area (Å²) in [6.45, 7) is 7.96. The van der Waals surface area contributed by atoms with E-state index in [1.165, 1.54) is 0 Å². The molecule has 0 amide bonds. The maximum atomic E-state index is 9.58. The Labute approximate surface area is 102 Å². The Morgan fingerprint density at radius 1 is 1.12 bits per heavy atom. The van der Waals surface area contributed by atoms with E-state index in [9.17, 15) is 5.11 Å². The van der Waals surface area contributed by atoms with Crippen molar-refractivity contribution < 1.29 is 14.4 Å². The van der Waals surface area contributed by atoms with Gasteiger partial charge in [-0.1, -0.05) is 6.07 Å². The molecule has 1 fully saturated rings. The van der Waals surface area contributed by atoms with E-state index in [-0.39, 0.29) is 17.0 Å². The molecule has 1 heterocycles. The summed E-state index contributed by atoms with van der Waals surface area (Å²) in [4.78, 5) is 0. The molecule has 0 atom stereocenters. The largest absolute Gasteiger partial charge is 0.506 e. The molecule has 0 radical (unpaired) electrons. The number of anilines is 1. The van der Waals surface area contributed by atoms with Gasteiger partial charge >= 0.3 is 7.12 Å². The van der Waals surface area contributed by atoms with Gasteiger partial charge in [-0.25, -0.2) is 0 Å². The van der Waals surface area contributed by atoms with Gasteiger partial charge < -0.3 is 20.1 Å². The molecule has 1 saturated heterocycles. The molecule has 1 aliphatic rings. The molecule has 2 rings (SSSR count). The zero-order valence-corrected chi connectivity index (χ0v) is 10.7. The summed E-state index contributed by atoms with van der Waals surface area (Å²) in [5.41, 5.74) is 5.93. The molecule has 92 valence electrons. The third kappa shape index (κ3) is 2.00. The van der Waals surface area contributed by atoms with Crippen LogP contribution in [0.2, 0.25) is 0 Å². The third-order valence-corrected chi connectivity index (χ3v) is 3.58. The van der Waals surface area contributed by atoms with E-state index in [2.05, 4.69) is 0 Å². The van der Waals surface area contributed by atoms with Crippen molar-refractivity contribution in [3.63, 3.8) is 0 Å². The van der Waals surface area contributed by atoms with E-state index in [1.807, 2.05) is 27.7 Å². The van der Waals surface area contributed by atoms with Gasteiger partial charge in [0.05, 0.1) is 16.9 Å². The van der Waals surface area contributed by atoms with Gasteiger partial charge in [0.25, 0.3) is 0 Å². The first-order valence-corrected chi connectivity index (χ1v) is 5.67. The van der Waals surface area contributed by atoms with Gasteiger partial charge in [0.1, 0.15) is 5.75 Å². The van der Waals surface area contributed by atoms with Crippen LogP contribution in [0, 0.1) is 0 Å². The van der Waals surface area contributed by atoms with Crippen LogP contribution < -0.4 is 11.2 Å². The number of rotatable bonds is 1. The molecule has 0 spiro atoms. The Morgan fingerprint density at radius 3 is 2.12 bits per heavy atom. The number of phenols is 1. The van der Waals surface area contributed by atoms with E-state index >= 15 is 0 Å². The Hall–Kier alpha value is -1.20. The average molecular weight is 235 g/mol. The highest BCUT2D eigenvalue weighted by Gasteiger charge is 2.51. The van der Waals surface area contributed by atoms with Crippen molar-refractivity contribution in [1.29, 1.82) is 0 Å². The molecule has 0 aromatic heterocycles. The van der Waals surface area contributed by atoms with Crippen molar-refractivity contribution in [3.8, 4) is 5.75 Å². The maximum absolute atomic E-state index is 9.58. The number of phenolic OH excluding ortho intramolecular Hbond substituents is 1. The van der Waals surface area contributed by atoms with Crippen molar-refractivity contribution in [3.05, 3.63) is 18.2 Å². The van der Waals surface area contributed by atoms with E-state index in [1.54, 1.807) is 18.2 Å². The zero-order chi connectivity index (χ0) is 12.8. The molecule has 1 aromatic carbocycles. The van der Waals surface area contributed by atoms with Crippen LogP contribution in [0.1, 0.15) is 27.7 Å². The summed E-state index contributed by atoms with van der Waals surface area (Å²) in [6.07, 6.45) is 0. The Balaban J connectivity index is 2.29. The van der Waals surface area contributed by atoms with Gasteiger partial charge in [-0.2, -0.15) is 0 Å². The van der Waals surface area contributed by atoms with E-state index in [4.69, 9.17) is 15.0 Å². The molecule has 0 aliphatic carbocycles. The maximum Gasteiger partial charge on any atom is 0.494 e. The lowest BCUT2D eigenvalue weighted by molar-refractivity contribution is 0.00578. The van der Waals surface area contributed by atoms with Crippen LogP contribution in [0.3, 0.4) is 0 Å². The average Bonchev–Trinajstić information content (AvgIpc) is 2.41. The molecule has 5 heteroatoms. The molecule has 0 bridgehead atoms. The second kappa shape index (κ2) is 3.65. The molecular weight excluding hydrogens is 217 g/mol. The standard InChI is InChI=1S/C12H18BNO3/c1-11(2)12(3,4)17-13(16-11)8-5-6-9(14)10(15)7-8/h5-7,15H,14H2,1-4H3. The summed E-state index contributed by atoms with van der Waals surface area (Å²) >= 11 is 0. The zero-order valence-electron chi connectivity index (χ0n) is 10.7. The van der Waals surface area contributed by atoms with E-state index in [0.29, 0.717) is 5.69 Å². The van der Waals surface area contributed by atoms with Crippen molar-refractivity contribution >= 4 is 18.3 Å². The van der Waals surface area contributed by atoms with E-state index in [0.717, 1.165) is 5.46 Å². The van der Waals surface area contributed by atoms with Crippen LogP contribution in [0.15, 0.2) is 18.2 Å². The van der Waals surface area contributed by atoms with Crippen LogP contribution >= 0.6 is 0 Å². The molecule has 4 nitrogen and oxygen atoms in total. The minimum atomic E-state index is -0.466. The fourth-order valence-electron chi connectivity index (χ4n) is 1.69. The monoisotopic (exact) mass is 235 g/mol. The van der Waals surface area contributed by atoms with Crippen molar-refractivity contribution in [2.75, 3.05) is 5.73 Å². The van der Waals surface area contributed by atoms with Crippen molar-refractivity contribution in [2.24, 2.45) is 0 Å². The number of nitrogens with two attached hydrogens (primary N) is 1. The fraction of sp³-hybridized carbons (Fsp3) is 0.500. The third-order valence-electron chi connectivity index (χ3n) is 3.58. The normalized spacial score (nSPS) is 21.8. The molecule has 0 saturated carbocycles. The summed E-state index contributed by atoms with van der Waals surface area (Å²) in [5.74, 6) is 0.0530. The van der Waals surface area contributed by atoms with Gasteiger partial charge in [0.15, 0.2) is 0 Å². The second-order valence-corrected chi connectivity index (χ2v) is 5.41. The second-order valence-electron chi connectivity index (χ2n) is 5.41. The number of benzene rings is 1. The Kier molecular flexibility index (Phi) is 2.63. The lowest BCUT2D eigenvalue weighted by Crippen LogP contribution is -2.41. The first-order chi connectivity index (χ1) is 7.73. The topological polar surface area (TPSA) is 64.7 Å². The molecular formula is C12H18BNO3. The summed E-state index contributed by atoms with van der Waals surface area (Å²) in [5, 5.41) is 9.58. The number of hydrogen-bond donors (Lipinski definition) is 2. The minimum Gasteiger partial charge on any atom is -0.506 e. The number of aromatic hydroxyl groups is 1. The smallest absolute Gasteiger partial charge is 0.494 e. The highest BCUT2D eigenvalue weighted by atomic mass is 16.7. The van der Waals surface area contributed by atoms with Crippen molar-refractivity contribution in [1.82, 2.24) is 0 Å². The Morgan fingerprint density at radius 2 is 1.65 bits per heavy atom. The van der Waals surface area contributed by atoms with E-state index < -0.39 is 7.12 Å². The summed E-state index contributed by atoms with van der Waals surface area (Å²) in [6, 6.07) is 5.03.